The Morgan fingerprint density at radius 1 is 1.35 bits per heavy atom. The Morgan fingerprint density at radius 3 is 2.70 bits per heavy atom. The number of likely N-dealkylation sites (tertiary alicyclic amines) is 1. The maximum atomic E-state index is 10.4. The van der Waals surface area contributed by atoms with Gasteiger partial charge in [-0.2, -0.15) is 0 Å². The van der Waals surface area contributed by atoms with E-state index in [9.17, 15) is 5.11 Å². The van der Waals surface area contributed by atoms with Crippen LogP contribution in [-0.4, -0.2) is 42.4 Å². The van der Waals surface area contributed by atoms with Gasteiger partial charge in [0.15, 0.2) is 0 Å². The molecule has 1 aromatic carbocycles. The molecule has 1 aromatic rings. The lowest BCUT2D eigenvalue weighted by Crippen LogP contribution is -2.64. The molecule has 2 bridgehead atoms. The number of piperidine rings is 1. The summed E-state index contributed by atoms with van der Waals surface area (Å²) in [6.07, 6.45) is 2.30. The number of phenolic OH excluding ortho intramolecular Hbond substituents is 1. The molecule has 3 rings (SSSR count). The normalized spacial score (nSPS) is 30.2. The highest BCUT2D eigenvalue weighted by atomic mass is 35.5. The monoisotopic (exact) mass is 339 g/mol. The van der Waals surface area contributed by atoms with Gasteiger partial charge in [-0.05, 0) is 48.9 Å². The van der Waals surface area contributed by atoms with Crippen LogP contribution in [0.2, 0.25) is 0 Å². The molecule has 3 nitrogen and oxygen atoms in total. The van der Waals surface area contributed by atoms with Crippen LogP contribution in [0.4, 0.5) is 0 Å². The molecule has 0 saturated carbocycles. The number of methoxy groups -OCH3 is 1. The van der Waals surface area contributed by atoms with Crippen molar-refractivity contribution < 1.29 is 9.84 Å². The van der Waals surface area contributed by atoms with E-state index in [4.69, 9.17) is 4.74 Å². The second-order valence-corrected chi connectivity index (χ2v) is 7.87. The van der Waals surface area contributed by atoms with Crippen LogP contribution in [0.25, 0.3) is 0 Å². The number of phenols is 1. The zero-order chi connectivity index (χ0) is 16.1. The fourth-order valence-corrected chi connectivity index (χ4v) is 4.66. The van der Waals surface area contributed by atoms with Crippen molar-refractivity contribution in [2.75, 3.05) is 20.2 Å². The number of ether oxygens (including phenoxy) is 1. The smallest absolute Gasteiger partial charge is 0.119 e. The molecule has 1 saturated heterocycles. The summed E-state index contributed by atoms with van der Waals surface area (Å²) in [5, 5.41) is 10.4. The first-order valence-electron chi connectivity index (χ1n) is 8.39. The molecule has 1 N–H and O–H groups in total. The summed E-state index contributed by atoms with van der Waals surface area (Å²) in [6.45, 7) is 11.4. The molecular weight excluding hydrogens is 310 g/mol. The van der Waals surface area contributed by atoms with Crippen molar-refractivity contribution in [3.05, 3.63) is 29.3 Å². The average Bonchev–Trinajstić information content (AvgIpc) is 2.46. The van der Waals surface area contributed by atoms with Gasteiger partial charge in [0, 0.05) is 25.1 Å². The van der Waals surface area contributed by atoms with Crippen LogP contribution in [0.5, 0.6) is 5.75 Å². The van der Waals surface area contributed by atoms with E-state index >= 15 is 0 Å². The highest BCUT2D eigenvalue weighted by molar-refractivity contribution is 5.85. The van der Waals surface area contributed by atoms with Crippen LogP contribution in [0.3, 0.4) is 0 Å². The van der Waals surface area contributed by atoms with Gasteiger partial charge < -0.3 is 9.84 Å². The summed E-state index contributed by atoms with van der Waals surface area (Å²) in [7, 11) is 1.78. The third-order valence-electron chi connectivity index (χ3n) is 6.63. The molecule has 0 unspecified atom stereocenters. The largest absolute Gasteiger partial charge is 0.508 e. The van der Waals surface area contributed by atoms with Crippen LogP contribution in [0.1, 0.15) is 45.2 Å². The third kappa shape index (κ3) is 2.67. The number of nitrogens with zero attached hydrogens (tertiary/aromatic N) is 1. The van der Waals surface area contributed by atoms with Crippen molar-refractivity contribution >= 4 is 12.4 Å². The van der Waals surface area contributed by atoms with E-state index in [0.29, 0.717) is 11.8 Å². The summed E-state index contributed by atoms with van der Waals surface area (Å²) in [5.74, 6) is 0.464. The Labute approximate surface area is 146 Å². The van der Waals surface area contributed by atoms with Gasteiger partial charge in [-0.15, -0.1) is 12.4 Å². The lowest BCUT2D eigenvalue weighted by Gasteiger charge is -2.61. The molecule has 1 aliphatic heterocycles. The van der Waals surface area contributed by atoms with Gasteiger partial charge in [0.1, 0.15) is 5.75 Å². The van der Waals surface area contributed by atoms with E-state index in [2.05, 4.69) is 38.7 Å². The van der Waals surface area contributed by atoms with Crippen LogP contribution in [0, 0.1) is 5.41 Å². The second-order valence-electron chi connectivity index (χ2n) is 7.87. The van der Waals surface area contributed by atoms with Gasteiger partial charge in [0.2, 0.25) is 0 Å². The maximum absolute atomic E-state index is 10.4. The predicted molar refractivity (Wildman–Crippen MR) is 96.6 cm³/mol. The summed E-state index contributed by atoms with van der Waals surface area (Å²) in [6, 6.07) is 6.50. The number of fused-ring (bicyclic) bond motifs is 4. The van der Waals surface area contributed by atoms with E-state index in [1.54, 1.807) is 7.11 Å². The van der Waals surface area contributed by atoms with Crippen LogP contribution in [0.15, 0.2) is 18.2 Å². The molecule has 2 aliphatic rings. The highest BCUT2D eigenvalue weighted by Crippen LogP contribution is 2.57. The lowest BCUT2D eigenvalue weighted by molar-refractivity contribution is -0.0572. The minimum Gasteiger partial charge on any atom is -0.508 e. The molecule has 130 valence electrons. The molecular formula is C19H30ClNO2. The van der Waals surface area contributed by atoms with Gasteiger partial charge in [0.25, 0.3) is 0 Å². The second kappa shape index (κ2) is 6.27. The van der Waals surface area contributed by atoms with E-state index in [1.165, 1.54) is 5.56 Å². The number of benzene rings is 1. The SMILES string of the molecule is CO[C@H](C)CN1CC[C@]2(C)c3cccc(O)c3C[C@H]1C2(C)C.Cl. The molecule has 0 spiro atoms. The zero-order valence-corrected chi connectivity index (χ0v) is 15.7. The van der Waals surface area contributed by atoms with Gasteiger partial charge in [-0.25, -0.2) is 0 Å². The van der Waals surface area contributed by atoms with E-state index in [1.807, 2.05) is 12.1 Å². The molecule has 23 heavy (non-hydrogen) atoms. The fourth-order valence-electron chi connectivity index (χ4n) is 4.66. The Hall–Kier alpha value is -0.770. The number of rotatable bonds is 3. The lowest BCUT2D eigenvalue weighted by atomic mass is 9.51. The van der Waals surface area contributed by atoms with Gasteiger partial charge in [0.05, 0.1) is 6.10 Å². The Kier molecular flexibility index (Phi) is 5.06. The Balaban J connectivity index is 0.00000192. The minimum absolute atomic E-state index is 0. The number of hydrogen-bond donors (Lipinski definition) is 1. The van der Waals surface area contributed by atoms with Crippen molar-refractivity contribution in [2.45, 2.75) is 58.1 Å². The Bertz CT molecular complexity index is 574. The van der Waals surface area contributed by atoms with Crippen molar-refractivity contribution in [2.24, 2.45) is 5.41 Å². The van der Waals surface area contributed by atoms with Gasteiger partial charge >= 0.3 is 0 Å². The third-order valence-corrected chi connectivity index (χ3v) is 6.63. The molecule has 1 fully saturated rings. The topological polar surface area (TPSA) is 32.7 Å². The summed E-state index contributed by atoms with van der Waals surface area (Å²) < 4.78 is 5.49. The first-order chi connectivity index (χ1) is 10.3. The van der Waals surface area contributed by atoms with Crippen molar-refractivity contribution in [3.63, 3.8) is 0 Å². The summed E-state index contributed by atoms with van der Waals surface area (Å²) in [4.78, 5) is 2.57. The van der Waals surface area contributed by atoms with Gasteiger partial charge in [-0.3, -0.25) is 4.90 Å². The van der Waals surface area contributed by atoms with Crippen LogP contribution in [-0.2, 0) is 16.6 Å². The first-order valence-corrected chi connectivity index (χ1v) is 8.39. The molecule has 0 amide bonds. The molecule has 0 aromatic heterocycles. The minimum atomic E-state index is 0. The van der Waals surface area contributed by atoms with Crippen LogP contribution < -0.4 is 0 Å². The molecule has 3 atom stereocenters. The number of hydrogen-bond acceptors (Lipinski definition) is 3. The van der Waals surface area contributed by atoms with E-state index < -0.39 is 0 Å². The van der Waals surface area contributed by atoms with E-state index in [-0.39, 0.29) is 29.3 Å². The highest BCUT2D eigenvalue weighted by Gasteiger charge is 2.56. The Morgan fingerprint density at radius 2 is 2.04 bits per heavy atom. The molecule has 4 heteroatoms. The standard InChI is InChI=1S/C19H29NO2.ClH/c1-13(22-5)12-20-10-9-19(4)15-7-6-8-16(21)14(15)11-17(20)18(19,2)3;/h6-8,13,17,21H,9-12H2,1-5H3;1H/t13-,17+,19-;/m1./s1. The number of halogens is 1. The summed E-state index contributed by atoms with van der Waals surface area (Å²) in [5.41, 5.74) is 2.81. The first kappa shape index (κ1) is 18.6. The number of aromatic hydroxyl groups is 1. The quantitative estimate of drug-likeness (QED) is 0.910. The fraction of sp³-hybridized carbons (Fsp3) is 0.684. The van der Waals surface area contributed by atoms with Crippen molar-refractivity contribution in [3.8, 4) is 5.75 Å². The maximum Gasteiger partial charge on any atom is 0.119 e. The summed E-state index contributed by atoms with van der Waals surface area (Å²) >= 11 is 0. The van der Waals surface area contributed by atoms with Crippen molar-refractivity contribution in [1.29, 1.82) is 0 Å². The average molecular weight is 340 g/mol. The molecule has 1 aliphatic carbocycles. The molecule has 0 radical (unpaired) electrons. The van der Waals surface area contributed by atoms with E-state index in [0.717, 1.165) is 31.5 Å². The predicted octanol–water partition coefficient (Wildman–Crippen LogP) is 3.76. The van der Waals surface area contributed by atoms with Crippen molar-refractivity contribution in [1.82, 2.24) is 4.90 Å². The molecule has 1 heterocycles. The zero-order valence-electron chi connectivity index (χ0n) is 14.9. The van der Waals surface area contributed by atoms with Crippen LogP contribution >= 0.6 is 12.4 Å². The van der Waals surface area contributed by atoms with Gasteiger partial charge in [-0.1, -0.05) is 32.9 Å².